The summed E-state index contributed by atoms with van der Waals surface area (Å²) in [4.78, 5) is 0.156. The Bertz CT molecular complexity index is 719. The molecule has 0 spiro atoms. The summed E-state index contributed by atoms with van der Waals surface area (Å²) in [5.41, 5.74) is 0.610. The third-order valence-electron chi connectivity index (χ3n) is 2.85. The lowest BCUT2D eigenvalue weighted by atomic mass is 10.1. The first-order valence-corrected chi connectivity index (χ1v) is 9.00. The molecule has 112 valence electrons. The number of aliphatic hydroxyl groups excluding tert-OH is 1. The van der Waals surface area contributed by atoms with Gasteiger partial charge in [-0.15, -0.1) is 0 Å². The van der Waals surface area contributed by atoms with Crippen LogP contribution in [0.4, 0.5) is 0 Å². The highest BCUT2D eigenvalue weighted by molar-refractivity contribution is 14.1. The van der Waals surface area contributed by atoms with Gasteiger partial charge in [-0.1, -0.05) is 23.7 Å². The Balaban J connectivity index is 2.27. The molecule has 21 heavy (non-hydrogen) atoms. The number of hydrogen-bond donors (Lipinski definition) is 2. The second-order valence-corrected chi connectivity index (χ2v) is 7.76. The summed E-state index contributed by atoms with van der Waals surface area (Å²) in [6.45, 7) is -0.357. The summed E-state index contributed by atoms with van der Waals surface area (Å²) in [6.07, 6.45) is 0. The van der Waals surface area contributed by atoms with Crippen molar-refractivity contribution in [2.45, 2.75) is 10.9 Å². The Morgan fingerprint density at radius 2 is 1.86 bits per heavy atom. The molecule has 0 fully saturated rings. The van der Waals surface area contributed by atoms with Crippen LogP contribution >= 0.6 is 34.2 Å². The summed E-state index contributed by atoms with van der Waals surface area (Å²) >= 11 is 7.99. The number of nitrogens with one attached hydrogen (secondary N) is 1. The molecule has 2 rings (SSSR count). The summed E-state index contributed by atoms with van der Waals surface area (Å²) < 4.78 is 28.1. The van der Waals surface area contributed by atoms with Crippen molar-refractivity contribution in [2.75, 3.05) is 6.61 Å². The van der Waals surface area contributed by atoms with Gasteiger partial charge in [0.25, 0.3) is 0 Å². The van der Waals surface area contributed by atoms with E-state index in [1.807, 2.05) is 0 Å². The molecule has 0 saturated heterocycles. The fourth-order valence-electron chi connectivity index (χ4n) is 1.80. The van der Waals surface area contributed by atoms with Crippen LogP contribution < -0.4 is 4.72 Å². The summed E-state index contributed by atoms with van der Waals surface area (Å²) in [6, 6.07) is 12.5. The smallest absolute Gasteiger partial charge is 0.241 e. The number of sulfonamides is 1. The summed E-state index contributed by atoms with van der Waals surface area (Å²) in [5.74, 6) is 0. The zero-order valence-electron chi connectivity index (χ0n) is 10.8. The number of hydrogen-bond acceptors (Lipinski definition) is 3. The Kier molecular flexibility index (Phi) is 5.61. The maximum absolute atomic E-state index is 12.3. The van der Waals surface area contributed by atoms with E-state index >= 15 is 0 Å². The van der Waals surface area contributed by atoms with E-state index in [0.717, 1.165) is 3.57 Å². The van der Waals surface area contributed by atoms with E-state index in [1.165, 1.54) is 12.1 Å². The number of aliphatic hydroxyl groups is 1. The fourth-order valence-corrected chi connectivity index (χ4v) is 3.58. The molecular formula is C14H13ClINO3S. The standard InChI is InChI=1S/C14H13ClINO3S/c15-11-3-1-2-10(8-11)14(9-18)17-21(19,20)13-6-4-12(16)5-7-13/h1-8,14,17-18H,9H2. The van der Waals surface area contributed by atoms with Gasteiger partial charge in [-0.05, 0) is 64.6 Å². The molecule has 1 atom stereocenters. The summed E-state index contributed by atoms with van der Waals surface area (Å²) in [7, 11) is -3.71. The molecule has 7 heteroatoms. The zero-order chi connectivity index (χ0) is 15.5. The van der Waals surface area contributed by atoms with Crippen molar-refractivity contribution in [3.8, 4) is 0 Å². The second-order valence-electron chi connectivity index (χ2n) is 4.37. The molecule has 0 heterocycles. The van der Waals surface area contributed by atoms with Crippen LogP contribution in [0, 0.1) is 3.57 Å². The van der Waals surface area contributed by atoms with Gasteiger partial charge in [-0.2, -0.15) is 0 Å². The minimum absolute atomic E-state index is 0.156. The van der Waals surface area contributed by atoms with Crippen molar-refractivity contribution in [1.82, 2.24) is 4.72 Å². The van der Waals surface area contributed by atoms with E-state index < -0.39 is 16.1 Å². The van der Waals surface area contributed by atoms with Crippen LogP contribution in [0.2, 0.25) is 5.02 Å². The van der Waals surface area contributed by atoms with Gasteiger partial charge in [0, 0.05) is 8.59 Å². The average Bonchev–Trinajstić information content (AvgIpc) is 2.45. The van der Waals surface area contributed by atoms with E-state index in [1.54, 1.807) is 36.4 Å². The molecule has 0 bridgehead atoms. The van der Waals surface area contributed by atoms with Gasteiger partial charge < -0.3 is 5.11 Å². The SMILES string of the molecule is O=S(=O)(NC(CO)c1cccc(Cl)c1)c1ccc(I)cc1. The van der Waals surface area contributed by atoms with Gasteiger partial charge in [0.15, 0.2) is 0 Å². The van der Waals surface area contributed by atoms with Gasteiger partial charge >= 0.3 is 0 Å². The van der Waals surface area contributed by atoms with Crippen molar-refractivity contribution in [1.29, 1.82) is 0 Å². The number of rotatable bonds is 5. The third-order valence-corrected chi connectivity index (χ3v) is 5.30. The van der Waals surface area contributed by atoms with Crippen LogP contribution in [0.5, 0.6) is 0 Å². The molecule has 0 aliphatic carbocycles. The topological polar surface area (TPSA) is 66.4 Å². The molecule has 1 unspecified atom stereocenters. The van der Waals surface area contributed by atoms with Crippen LogP contribution in [-0.2, 0) is 10.0 Å². The lowest BCUT2D eigenvalue weighted by Crippen LogP contribution is -2.30. The van der Waals surface area contributed by atoms with Gasteiger partial charge in [-0.25, -0.2) is 13.1 Å². The Hall–Kier alpha value is -0.670. The van der Waals surface area contributed by atoms with E-state index in [2.05, 4.69) is 27.3 Å². The Morgan fingerprint density at radius 3 is 2.43 bits per heavy atom. The Labute approximate surface area is 142 Å². The minimum atomic E-state index is -3.71. The fraction of sp³-hybridized carbons (Fsp3) is 0.143. The third kappa shape index (κ3) is 4.40. The monoisotopic (exact) mass is 437 g/mol. The van der Waals surface area contributed by atoms with E-state index in [-0.39, 0.29) is 11.5 Å². The van der Waals surface area contributed by atoms with Crippen LogP contribution in [-0.4, -0.2) is 20.1 Å². The maximum Gasteiger partial charge on any atom is 0.241 e. The molecule has 0 saturated carbocycles. The molecule has 2 aromatic carbocycles. The normalized spacial score (nSPS) is 13.1. The second kappa shape index (κ2) is 7.06. The van der Waals surface area contributed by atoms with E-state index in [0.29, 0.717) is 10.6 Å². The van der Waals surface area contributed by atoms with Crippen molar-refractivity contribution in [3.05, 3.63) is 62.7 Å². The predicted molar refractivity (Wildman–Crippen MR) is 90.8 cm³/mol. The van der Waals surface area contributed by atoms with Crippen molar-refractivity contribution < 1.29 is 13.5 Å². The van der Waals surface area contributed by atoms with Gasteiger partial charge in [0.2, 0.25) is 10.0 Å². The van der Waals surface area contributed by atoms with Gasteiger partial charge in [0.1, 0.15) is 0 Å². The maximum atomic E-state index is 12.3. The molecule has 4 nitrogen and oxygen atoms in total. The molecule has 2 aromatic rings. The molecule has 0 aromatic heterocycles. The average molecular weight is 438 g/mol. The minimum Gasteiger partial charge on any atom is -0.394 e. The lowest BCUT2D eigenvalue weighted by Gasteiger charge is -2.17. The summed E-state index contributed by atoms with van der Waals surface area (Å²) in [5, 5.41) is 9.94. The molecular weight excluding hydrogens is 425 g/mol. The molecule has 0 amide bonds. The highest BCUT2D eigenvalue weighted by Crippen LogP contribution is 2.20. The number of halogens is 2. The van der Waals surface area contributed by atoms with Crippen molar-refractivity contribution >= 4 is 44.2 Å². The van der Waals surface area contributed by atoms with Crippen LogP contribution in [0.3, 0.4) is 0 Å². The van der Waals surface area contributed by atoms with E-state index in [4.69, 9.17) is 11.6 Å². The Morgan fingerprint density at radius 1 is 1.19 bits per heavy atom. The predicted octanol–water partition coefficient (Wildman–Crippen LogP) is 2.96. The quantitative estimate of drug-likeness (QED) is 0.707. The van der Waals surface area contributed by atoms with Gasteiger partial charge in [-0.3, -0.25) is 0 Å². The van der Waals surface area contributed by atoms with Crippen molar-refractivity contribution in [2.24, 2.45) is 0 Å². The highest BCUT2D eigenvalue weighted by Gasteiger charge is 2.21. The lowest BCUT2D eigenvalue weighted by molar-refractivity contribution is 0.259. The van der Waals surface area contributed by atoms with Crippen LogP contribution in [0.15, 0.2) is 53.4 Å². The first-order chi connectivity index (χ1) is 9.92. The first-order valence-electron chi connectivity index (χ1n) is 6.06. The molecule has 2 N–H and O–H groups in total. The van der Waals surface area contributed by atoms with Crippen LogP contribution in [0.1, 0.15) is 11.6 Å². The van der Waals surface area contributed by atoms with Gasteiger partial charge in [0.05, 0.1) is 17.5 Å². The molecule has 0 aliphatic heterocycles. The largest absolute Gasteiger partial charge is 0.394 e. The molecule has 0 aliphatic rings. The van der Waals surface area contributed by atoms with Crippen LogP contribution in [0.25, 0.3) is 0 Å². The highest BCUT2D eigenvalue weighted by atomic mass is 127. The molecule has 0 radical (unpaired) electrons. The van der Waals surface area contributed by atoms with E-state index in [9.17, 15) is 13.5 Å². The first kappa shape index (κ1) is 16.7. The zero-order valence-corrected chi connectivity index (χ0v) is 14.6. The van der Waals surface area contributed by atoms with Crippen molar-refractivity contribution in [3.63, 3.8) is 0 Å². The number of benzene rings is 2.